The van der Waals surface area contributed by atoms with Gasteiger partial charge in [-0.3, -0.25) is 4.79 Å². The van der Waals surface area contributed by atoms with Crippen molar-refractivity contribution in [2.45, 2.75) is 57.2 Å². The number of amides is 2. The molecule has 1 aromatic rings. The van der Waals surface area contributed by atoms with Crippen LogP contribution in [0.15, 0.2) is 18.2 Å². The summed E-state index contributed by atoms with van der Waals surface area (Å²) < 4.78 is 16.3. The zero-order valence-corrected chi connectivity index (χ0v) is 22.3. The molecule has 1 fully saturated rings. The van der Waals surface area contributed by atoms with Crippen molar-refractivity contribution in [3.05, 3.63) is 29.3 Å². The van der Waals surface area contributed by atoms with E-state index in [2.05, 4.69) is 11.2 Å². The first-order chi connectivity index (χ1) is 18.0. The third-order valence-electron chi connectivity index (χ3n) is 5.74. The van der Waals surface area contributed by atoms with Crippen LogP contribution in [0.2, 0.25) is 0 Å². The van der Waals surface area contributed by atoms with Crippen molar-refractivity contribution in [1.82, 2.24) is 10.2 Å². The normalized spacial score (nSPS) is 23.8. The predicted octanol–water partition coefficient (Wildman–Crippen LogP) is -0.788. The number of aliphatic hydroxyl groups is 3. The lowest BCUT2D eigenvalue weighted by Crippen LogP contribution is -2.61. The summed E-state index contributed by atoms with van der Waals surface area (Å²) in [5.41, 5.74) is 6.38. The van der Waals surface area contributed by atoms with Gasteiger partial charge >= 0.3 is 12.1 Å². The summed E-state index contributed by atoms with van der Waals surface area (Å²) in [5, 5.41) is 42.2. The van der Waals surface area contributed by atoms with E-state index in [1.54, 1.807) is 17.0 Å². The monoisotopic (exact) mass is 559 g/mol. The van der Waals surface area contributed by atoms with Crippen molar-refractivity contribution in [3.8, 4) is 5.75 Å². The Balaban J connectivity index is 2.21. The molecule has 0 spiro atoms. The Hall–Kier alpha value is -2.75. The van der Waals surface area contributed by atoms with Gasteiger partial charge in [-0.15, -0.1) is 0 Å². The highest BCUT2D eigenvalue weighted by molar-refractivity contribution is 8.13. The maximum Gasteiger partial charge on any atom is 0.410 e. The fourth-order valence-electron chi connectivity index (χ4n) is 3.54. The molecule has 6 unspecified atom stereocenters. The second-order valence-electron chi connectivity index (χ2n) is 8.73. The van der Waals surface area contributed by atoms with E-state index < -0.39 is 42.8 Å². The van der Waals surface area contributed by atoms with Crippen molar-refractivity contribution in [2.24, 2.45) is 5.73 Å². The minimum Gasteiger partial charge on any atom is -0.479 e. The van der Waals surface area contributed by atoms with Crippen LogP contribution in [-0.2, 0) is 32.2 Å². The van der Waals surface area contributed by atoms with Gasteiger partial charge in [-0.05, 0) is 30.9 Å². The van der Waals surface area contributed by atoms with Crippen molar-refractivity contribution in [3.63, 3.8) is 0 Å². The van der Waals surface area contributed by atoms with E-state index in [0.717, 1.165) is 5.75 Å². The second-order valence-corrected chi connectivity index (χ2v) is 10.7. The number of carbonyl (C=O) groups is 3. The first-order valence-corrected chi connectivity index (χ1v) is 14.0. The molecule has 0 saturated carbocycles. The Bertz CT molecular complexity index is 994. The van der Waals surface area contributed by atoms with Gasteiger partial charge in [0.05, 0.1) is 0 Å². The zero-order valence-electron chi connectivity index (χ0n) is 21.4. The molecule has 6 atom stereocenters. The number of ether oxygens (including phenoxy) is 3. The smallest absolute Gasteiger partial charge is 0.410 e. The van der Waals surface area contributed by atoms with E-state index in [4.69, 9.17) is 19.9 Å². The van der Waals surface area contributed by atoms with Crippen LogP contribution >= 0.6 is 10.5 Å². The van der Waals surface area contributed by atoms with E-state index >= 15 is 0 Å². The summed E-state index contributed by atoms with van der Waals surface area (Å²) in [5.74, 6) is 2.93. The fraction of sp³-hybridized carbons (Fsp3) is 0.583. The Morgan fingerprint density at radius 2 is 1.92 bits per heavy atom. The van der Waals surface area contributed by atoms with Gasteiger partial charge in [-0.1, -0.05) is 11.9 Å². The number of hydrogen-bond donors (Lipinski definition) is 6. The number of aliphatic carboxylic acids is 1. The highest BCUT2D eigenvalue weighted by atomic mass is 32.2. The molecule has 0 aliphatic carbocycles. The first kappa shape index (κ1) is 31.5. The number of aliphatic hydroxyl groups excluding tert-OH is 3. The van der Waals surface area contributed by atoms with E-state index in [0.29, 0.717) is 24.2 Å². The molecule has 38 heavy (non-hydrogen) atoms. The fourth-order valence-corrected chi connectivity index (χ4v) is 4.08. The maximum atomic E-state index is 12.5. The first-order valence-electron chi connectivity index (χ1n) is 12.0. The minimum absolute atomic E-state index is 0.0320. The van der Waals surface area contributed by atoms with Gasteiger partial charge in [0.15, 0.2) is 6.10 Å². The minimum atomic E-state index is -1.87. The molecule has 1 aliphatic rings. The van der Waals surface area contributed by atoms with E-state index in [9.17, 15) is 34.8 Å². The van der Waals surface area contributed by atoms with Crippen LogP contribution in [0.1, 0.15) is 24.5 Å². The molecule has 13 nitrogen and oxygen atoms in total. The third kappa shape index (κ3) is 8.92. The lowest BCUT2D eigenvalue weighted by atomic mass is 9.99. The number of nitrogens with one attached hydrogen (secondary N) is 1. The number of hydrogen-bond acceptors (Lipinski definition) is 10. The van der Waals surface area contributed by atoms with Crippen LogP contribution < -0.4 is 15.8 Å². The molecule has 1 aliphatic heterocycles. The van der Waals surface area contributed by atoms with E-state index in [1.165, 1.54) is 6.07 Å². The summed E-state index contributed by atoms with van der Waals surface area (Å²) in [6.45, 7) is 2.88. The zero-order chi connectivity index (χ0) is 28.4. The average Bonchev–Trinajstić information content (AvgIpc) is 2.87. The molecule has 0 aromatic heterocycles. The van der Waals surface area contributed by atoms with Gasteiger partial charge in [0.25, 0.3) is 0 Å². The molecule has 1 heterocycles. The lowest BCUT2D eigenvalue weighted by Gasteiger charge is -2.38. The molecule has 0 bridgehead atoms. The Morgan fingerprint density at radius 1 is 1.21 bits per heavy atom. The topological polar surface area (TPSA) is 201 Å². The van der Waals surface area contributed by atoms with Crippen LogP contribution in [0, 0.1) is 0 Å². The summed E-state index contributed by atoms with van der Waals surface area (Å²) in [6, 6.07) is 4.66. The van der Waals surface area contributed by atoms with Gasteiger partial charge in [-0.2, -0.15) is 10.5 Å². The third-order valence-corrected chi connectivity index (χ3v) is 6.62. The molecule has 214 valence electrons. The van der Waals surface area contributed by atoms with Crippen LogP contribution in [-0.4, -0.2) is 112 Å². The molecular formula is C24H37N3O10S. The standard InChI is InChI=1S/C24H37N3O10S/c1-4-27(9-10-38(2)3)24(34)35-13-14-5-6-16(15(11-14)12-26-17(28)7-8-25)36-23-20(31)18(29)19(30)21(37-23)22(32)33/h5-6,11,18-21,23,29-31H,2,4,7-10,12-13,25H2,1,3H3,(H,26,28)(H,32,33). The highest BCUT2D eigenvalue weighted by Crippen LogP contribution is 2.28. The number of carboxylic acid groups (broad SMARTS) is 1. The van der Waals surface area contributed by atoms with Crippen molar-refractivity contribution < 1.29 is 49.0 Å². The average molecular weight is 560 g/mol. The van der Waals surface area contributed by atoms with Gasteiger partial charge in [0.2, 0.25) is 12.2 Å². The molecular weight excluding hydrogens is 522 g/mol. The Morgan fingerprint density at radius 3 is 2.53 bits per heavy atom. The SMILES string of the molecule is C=S(C)CCN(CC)C(=O)OCc1ccc(OC2OC(C(=O)O)C(O)C(O)C2O)c(CNC(=O)CCN)c1. The van der Waals surface area contributed by atoms with Crippen LogP contribution in [0.4, 0.5) is 4.79 Å². The summed E-state index contributed by atoms with van der Waals surface area (Å²) in [6.07, 6.45) is -7.35. The Labute approximate surface area is 223 Å². The molecule has 1 aromatic carbocycles. The van der Waals surface area contributed by atoms with Gasteiger partial charge in [0.1, 0.15) is 30.7 Å². The number of rotatable bonds is 13. The van der Waals surface area contributed by atoms with Crippen LogP contribution in [0.25, 0.3) is 0 Å². The number of benzene rings is 1. The number of nitrogens with two attached hydrogens (primary N) is 1. The van der Waals surface area contributed by atoms with Gasteiger partial charge < -0.3 is 50.6 Å². The van der Waals surface area contributed by atoms with Crippen molar-refractivity contribution in [1.29, 1.82) is 0 Å². The van der Waals surface area contributed by atoms with Gasteiger partial charge in [-0.25, -0.2) is 9.59 Å². The molecule has 0 radical (unpaired) electrons. The Kier molecular flexibility index (Phi) is 12.4. The van der Waals surface area contributed by atoms with Crippen molar-refractivity contribution >= 4 is 34.3 Å². The number of carboxylic acids is 1. The second kappa shape index (κ2) is 15.0. The summed E-state index contributed by atoms with van der Waals surface area (Å²) in [7, 11) is -0.0691. The highest BCUT2D eigenvalue weighted by Gasteiger charge is 2.48. The quantitative estimate of drug-likeness (QED) is 0.165. The maximum absolute atomic E-state index is 12.5. The molecule has 2 rings (SSSR count). The molecule has 2 amide bonds. The predicted molar refractivity (Wildman–Crippen MR) is 140 cm³/mol. The number of carbonyl (C=O) groups excluding carboxylic acids is 2. The molecule has 1 saturated heterocycles. The largest absolute Gasteiger partial charge is 0.479 e. The van der Waals surface area contributed by atoms with Crippen molar-refractivity contribution in [2.75, 3.05) is 31.6 Å². The summed E-state index contributed by atoms with van der Waals surface area (Å²) in [4.78, 5) is 37.4. The van der Waals surface area contributed by atoms with E-state index in [-0.39, 0.29) is 48.3 Å². The van der Waals surface area contributed by atoms with E-state index in [1.807, 2.05) is 13.2 Å². The lowest BCUT2D eigenvalue weighted by molar-refractivity contribution is -0.271. The van der Waals surface area contributed by atoms with Crippen LogP contribution in [0.5, 0.6) is 5.75 Å². The molecule has 7 N–H and O–H groups in total. The molecule has 14 heteroatoms. The summed E-state index contributed by atoms with van der Waals surface area (Å²) >= 11 is 0. The number of nitrogens with zero attached hydrogens (tertiary/aromatic N) is 1. The van der Waals surface area contributed by atoms with Gasteiger partial charge in [0, 0.05) is 43.9 Å². The van der Waals surface area contributed by atoms with Crippen LogP contribution in [0.3, 0.4) is 0 Å².